The summed E-state index contributed by atoms with van der Waals surface area (Å²) in [5.41, 5.74) is 2.67. The lowest BCUT2D eigenvalue weighted by atomic mass is 9.59. The van der Waals surface area contributed by atoms with Crippen molar-refractivity contribution >= 4 is 67.6 Å². The van der Waals surface area contributed by atoms with Gasteiger partial charge in [0.1, 0.15) is 11.5 Å². The summed E-state index contributed by atoms with van der Waals surface area (Å²) >= 11 is 5.41. The molecular formula is C29H21BrINO6. The molecule has 1 fully saturated rings. The maximum Gasteiger partial charge on any atom is 0.238 e. The molecule has 9 heteroatoms. The maximum absolute atomic E-state index is 13.9. The van der Waals surface area contributed by atoms with Crippen LogP contribution in [0.2, 0.25) is 0 Å². The van der Waals surface area contributed by atoms with E-state index in [0.717, 1.165) is 9.14 Å². The van der Waals surface area contributed by atoms with Crippen molar-refractivity contribution in [1.82, 2.24) is 0 Å². The molecule has 0 aromatic heterocycles. The van der Waals surface area contributed by atoms with E-state index in [0.29, 0.717) is 34.6 Å². The van der Waals surface area contributed by atoms with Crippen molar-refractivity contribution in [1.29, 1.82) is 0 Å². The quantitative estimate of drug-likeness (QED) is 0.212. The number of Topliss-reactive ketones (excluding diaryl/α,β-unsaturated/α-hetero) is 1. The number of allylic oxidation sites excluding steroid dienone is 6. The lowest BCUT2D eigenvalue weighted by Crippen LogP contribution is -2.39. The largest absolute Gasteiger partial charge is 0.508 e. The minimum absolute atomic E-state index is 0.00303. The van der Waals surface area contributed by atoms with E-state index in [1.807, 2.05) is 18.2 Å². The third-order valence-corrected chi connectivity index (χ3v) is 9.25. The normalized spacial score (nSPS) is 26.6. The zero-order valence-corrected chi connectivity index (χ0v) is 23.9. The number of carbonyl (C=O) groups is 4. The lowest BCUT2D eigenvalue weighted by Gasteiger charge is -2.42. The Hall–Kier alpha value is -3.05. The van der Waals surface area contributed by atoms with Gasteiger partial charge in [0.15, 0.2) is 11.6 Å². The SMILES string of the molecule is COc1cc(O)ccc1C1C2=CCC3C(=O)N(c4ccc(I)cc4)C(=O)C3C2CC2=C1C(=O)C=C(Br)C2=O. The number of nitrogens with zero attached hydrogens (tertiary/aromatic N) is 1. The van der Waals surface area contributed by atoms with Gasteiger partial charge < -0.3 is 9.84 Å². The number of methoxy groups -OCH3 is 1. The van der Waals surface area contributed by atoms with Gasteiger partial charge in [-0.05, 0) is 87.6 Å². The van der Waals surface area contributed by atoms with Crippen LogP contribution in [0.1, 0.15) is 24.3 Å². The average Bonchev–Trinajstić information content (AvgIpc) is 3.16. The van der Waals surface area contributed by atoms with Crippen molar-refractivity contribution in [3.8, 4) is 11.5 Å². The summed E-state index contributed by atoms with van der Waals surface area (Å²) in [5.74, 6) is -3.06. The second-order valence-electron chi connectivity index (χ2n) is 9.81. The number of fused-ring (bicyclic) bond motifs is 3. The van der Waals surface area contributed by atoms with Crippen LogP contribution in [-0.4, -0.2) is 35.6 Å². The number of phenolic OH excluding ortho intramolecular Hbond substituents is 1. The number of imide groups is 1. The van der Waals surface area contributed by atoms with Crippen LogP contribution < -0.4 is 9.64 Å². The number of hydrogen-bond donors (Lipinski definition) is 1. The molecule has 0 saturated carbocycles. The van der Waals surface area contributed by atoms with E-state index in [1.165, 1.54) is 30.2 Å². The molecule has 0 bridgehead atoms. The molecule has 4 atom stereocenters. The number of anilines is 1. The molecule has 2 amide bonds. The van der Waals surface area contributed by atoms with E-state index in [2.05, 4.69) is 38.5 Å². The van der Waals surface area contributed by atoms with Gasteiger partial charge in [0, 0.05) is 38.3 Å². The molecule has 1 saturated heterocycles. The van der Waals surface area contributed by atoms with Crippen molar-refractivity contribution in [3.63, 3.8) is 0 Å². The Morgan fingerprint density at radius 2 is 1.76 bits per heavy atom. The Balaban J connectivity index is 1.51. The van der Waals surface area contributed by atoms with Crippen LogP contribution in [0.25, 0.3) is 0 Å². The Morgan fingerprint density at radius 1 is 1.03 bits per heavy atom. The maximum atomic E-state index is 13.9. The Labute approximate surface area is 240 Å². The second-order valence-corrected chi connectivity index (χ2v) is 11.9. The first-order valence-corrected chi connectivity index (χ1v) is 14.0. The standard InChI is InChI=1S/C29H21BrINO6/c1-38-23-10-15(33)6-7-17(23)24-16-8-9-18-25(19(16)11-20-26(24)22(34)12-21(30)27(20)35)29(37)32(28(18)36)14-4-2-13(31)3-5-14/h2-8,10,12,18-19,24-25,33H,9,11H2,1H3. The summed E-state index contributed by atoms with van der Waals surface area (Å²) < 4.78 is 6.73. The van der Waals surface area contributed by atoms with E-state index in [9.17, 15) is 24.3 Å². The van der Waals surface area contributed by atoms with E-state index >= 15 is 0 Å². The predicted octanol–water partition coefficient (Wildman–Crippen LogP) is 4.97. The molecule has 1 aliphatic heterocycles. The summed E-state index contributed by atoms with van der Waals surface area (Å²) in [5, 5.41) is 10.1. The van der Waals surface area contributed by atoms with Gasteiger partial charge in [-0.15, -0.1) is 0 Å². The topological polar surface area (TPSA) is 101 Å². The van der Waals surface area contributed by atoms with E-state index in [-0.39, 0.29) is 40.0 Å². The van der Waals surface area contributed by atoms with Crippen LogP contribution in [0.15, 0.2) is 75.8 Å². The van der Waals surface area contributed by atoms with Gasteiger partial charge in [0.25, 0.3) is 0 Å². The van der Waals surface area contributed by atoms with Gasteiger partial charge in [-0.2, -0.15) is 0 Å². The fourth-order valence-electron chi connectivity index (χ4n) is 6.34. The molecule has 4 unspecified atom stereocenters. The molecule has 1 heterocycles. The minimum Gasteiger partial charge on any atom is -0.508 e. The number of phenols is 1. The van der Waals surface area contributed by atoms with Crippen molar-refractivity contribution in [2.75, 3.05) is 12.0 Å². The van der Waals surface area contributed by atoms with Crippen molar-refractivity contribution < 1.29 is 29.0 Å². The summed E-state index contributed by atoms with van der Waals surface area (Å²) in [6.45, 7) is 0. The van der Waals surface area contributed by atoms with Gasteiger partial charge in [-0.1, -0.05) is 17.7 Å². The fraction of sp³-hybridized carbons (Fsp3) is 0.241. The molecule has 7 nitrogen and oxygen atoms in total. The first kappa shape index (κ1) is 25.2. The summed E-state index contributed by atoms with van der Waals surface area (Å²) in [7, 11) is 1.47. The first-order chi connectivity index (χ1) is 18.2. The third kappa shape index (κ3) is 3.73. The molecular weight excluding hydrogens is 665 g/mol. The molecule has 4 aliphatic rings. The smallest absolute Gasteiger partial charge is 0.238 e. The van der Waals surface area contributed by atoms with Gasteiger partial charge in [-0.25, -0.2) is 0 Å². The number of amides is 2. The number of aromatic hydroxyl groups is 1. The van der Waals surface area contributed by atoms with E-state index in [1.54, 1.807) is 18.2 Å². The van der Waals surface area contributed by atoms with E-state index in [4.69, 9.17) is 4.74 Å². The summed E-state index contributed by atoms with van der Waals surface area (Å²) in [6, 6.07) is 11.9. The zero-order chi connectivity index (χ0) is 26.9. The number of halogens is 2. The highest BCUT2D eigenvalue weighted by atomic mass is 127. The van der Waals surface area contributed by atoms with Gasteiger partial charge >= 0.3 is 0 Å². The van der Waals surface area contributed by atoms with Crippen LogP contribution in [0.3, 0.4) is 0 Å². The van der Waals surface area contributed by atoms with Crippen molar-refractivity contribution in [3.05, 3.63) is 85.0 Å². The Kier molecular flexibility index (Phi) is 6.18. The number of ketones is 2. The highest BCUT2D eigenvalue weighted by Crippen LogP contribution is 2.56. The molecule has 192 valence electrons. The van der Waals surface area contributed by atoms with Crippen LogP contribution in [0, 0.1) is 21.3 Å². The minimum atomic E-state index is -0.658. The molecule has 0 spiro atoms. The van der Waals surface area contributed by atoms with Crippen molar-refractivity contribution in [2.24, 2.45) is 17.8 Å². The highest BCUT2D eigenvalue weighted by molar-refractivity contribution is 14.1. The second kappa shape index (κ2) is 9.30. The van der Waals surface area contributed by atoms with E-state index < -0.39 is 23.7 Å². The molecule has 2 aromatic rings. The number of benzene rings is 2. The Bertz CT molecular complexity index is 1540. The molecule has 0 radical (unpaired) electrons. The molecule has 2 aromatic carbocycles. The number of rotatable bonds is 3. The number of ether oxygens (including phenoxy) is 1. The van der Waals surface area contributed by atoms with Crippen LogP contribution in [0.5, 0.6) is 11.5 Å². The molecule has 6 rings (SSSR count). The molecule has 1 N–H and O–H groups in total. The fourth-order valence-corrected chi connectivity index (χ4v) is 7.15. The van der Waals surface area contributed by atoms with Crippen LogP contribution in [0.4, 0.5) is 5.69 Å². The average molecular weight is 686 g/mol. The summed E-state index contributed by atoms with van der Waals surface area (Å²) in [6.07, 6.45) is 3.78. The summed E-state index contributed by atoms with van der Waals surface area (Å²) in [4.78, 5) is 55.4. The molecule has 3 aliphatic carbocycles. The van der Waals surface area contributed by atoms with Crippen LogP contribution >= 0.6 is 38.5 Å². The van der Waals surface area contributed by atoms with Crippen molar-refractivity contribution in [2.45, 2.75) is 18.8 Å². The number of hydrogen-bond acceptors (Lipinski definition) is 6. The van der Waals surface area contributed by atoms with Gasteiger partial charge in [0.05, 0.1) is 29.1 Å². The van der Waals surface area contributed by atoms with Gasteiger partial charge in [0.2, 0.25) is 11.8 Å². The highest BCUT2D eigenvalue weighted by Gasteiger charge is 2.56. The van der Waals surface area contributed by atoms with Crippen LogP contribution in [-0.2, 0) is 19.2 Å². The van der Waals surface area contributed by atoms with Gasteiger partial charge in [-0.3, -0.25) is 24.1 Å². The predicted molar refractivity (Wildman–Crippen MR) is 151 cm³/mol. The molecule has 38 heavy (non-hydrogen) atoms. The monoisotopic (exact) mass is 685 g/mol. The first-order valence-electron chi connectivity index (χ1n) is 12.1. The Morgan fingerprint density at radius 3 is 2.47 bits per heavy atom. The third-order valence-electron chi connectivity index (χ3n) is 7.94. The number of carbonyl (C=O) groups excluding carboxylic acids is 4. The zero-order valence-electron chi connectivity index (χ0n) is 20.1. The lowest BCUT2D eigenvalue weighted by molar-refractivity contribution is -0.123.